The number of rotatable bonds is 3. The van der Waals surface area contributed by atoms with Gasteiger partial charge in [0, 0.05) is 18.4 Å². The summed E-state index contributed by atoms with van der Waals surface area (Å²) in [5, 5.41) is 12.6. The van der Waals surface area contributed by atoms with Crippen LogP contribution in [0.2, 0.25) is 0 Å². The second-order valence-electron chi connectivity index (χ2n) is 3.84. The highest BCUT2D eigenvalue weighted by atomic mass is 16.3. The summed E-state index contributed by atoms with van der Waals surface area (Å²) in [4.78, 5) is 0. The summed E-state index contributed by atoms with van der Waals surface area (Å²) in [6.45, 7) is 2.13. The molecule has 1 aliphatic rings. The van der Waals surface area contributed by atoms with Gasteiger partial charge in [-0.15, -0.1) is 0 Å². The number of aliphatic hydroxyl groups is 1. The molecule has 2 heterocycles. The Bertz CT molecular complexity index is 250. The molecule has 1 aromatic heterocycles. The molecule has 0 spiro atoms. The summed E-state index contributed by atoms with van der Waals surface area (Å²) in [7, 11) is 0. The summed E-state index contributed by atoms with van der Waals surface area (Å²) in [6, 6.07) is 3.86. The van der Waals surface area contributed by atoms with Gasteiger partial charge in [-0.05, 0) is 25.1 Å². The van der Waals surface area contributed by atoms with Crippen molar-refractivity contribution in [2.75, 3.05) is 19.7 Å². The van der Waals surface area contributed by atoms with Gasteiger partial charge in [0.1, 0.15) is 5.76 Å². The van der Waals surface area contributed by atoms with E-state index in [0.29, 0.717) is 0 Å². The smallest absolute Gasteiger partial charge is 0.104 e. The molecular formula is C10H15NO2. The van der Waals surface area contributed by atoms with Crippen molar-refractivity contribution in [2.45, 2.75) is 12.8 Å². The van der Waals surface area contributed by atoms with Crippen LogP contribution in [0.5, 0.6) is 0 Å². The topological polar surface area (TPSA) is 45.4 Å². The maximum atomic E-state index is 9.33. The van der Waals surface area contributed by atoms with Gasteiger partial charge in [-0.25, -0.2) is 0 Å². The van der Waals surface area contributed by atoms with E-state index in [1.807, 2.05) is 12.1 Å². The van der Waals surface area contributed by atoms with Crippen LogP contribution in [0.3, 0.4) is 0 Å². The van der Waals surface area contributed by atoms with Crippen LogP contribution in [0.1, 0.15) is 12.2 Å². The second kappa shape index (κ2) is 3.52. The predicted octanol–water partition coefficient (Wildman–Crippen LogP) is 0.794. The SMILES string of the molecule is OCC1(Cc2ccco2)CCNC1. The number of furan rings is 1. The van der Waals surface area contributed by atoms with E-state index in [1.54, 1.807) is 6.26 Å². The zero-order valence-corrected chi connectivity index (χ0v) is 7.62. The number of hydrogen-bond donors (Lipinski definition) is 2. The lowest BCUT2D eigenvalue weighted by Gasteiger charge is -2.23. The fourth-order valence-electron chi connectivity index (χ4n) is 1.92. The molecule has 0 radical (unpaired) electrons. The van der Waals surface area contributed by atoms with Crippen molar-refractivity contribution >= 4 is 0 Å². The highest BCUT2D eigenvalue weighted by Gasteiger charge is 2.33. The van der Waals surface area contributed by atoms with Gasteiger partial charge in [0.15, 0.2) is 0 Å². The van der Waals surface area contributed by atoms with E-state index in [2.05, 4.69) is 5.32 Å². The lowest BCUT2D eigenvalue weighted by molar-refractivity contribution is 0.136. The van der Waals surface area contributed by atoms with E-state index in [1.165, 1.54) is 0 Å². The molecule has 72 valence electrons. The Labute approximate surface area is 77.8 Å². The Balaban J connectivity index is 2.06. The van der Waals surface area contributed by atoms with Gasteiger partial charge in [-0.3, -0.25) is 0 Å². The molecule has 0 bridgehead atoms. The molecule has 1 aliphatic heterocycles. The molecule has 1 saturated heterocycles. The Morgan fingerprint density at radius 3 is 3.08 bits per heavy atom. The normalized spacial score (nSPS) is 28.1. The highest BCUT2D eigenvalue weighted by molar-refractivity contribution is 5.04. The van der Waals surface area contributed by atoms with E-state index in [-0.39, 0.29) is 12.0 Å². The van der Waals surface area contributed by atoms with Gasteiger partial charge in [0.25, 0.3) is 0 Å². The third-order valence-corrected chi connectivity index (χ3v) is 2.80. The quantitative estimate of drug-likeness (QED) is 0.724. The maximum Gasteiger partial charge on any atom is 0.104 e. The zero-order valence-electron chi connectivity index (χ0n) is 7.62. The molecule has 3 heteroatoms. The third kappa shape index (κ3) is 1.76. The van der Waals surface area contributed by atoms with E-state index in [9.17, 15) is 5.11 Å². The van der Waals surface area contributed by atoms with Crippen LogP contribution < -0.4 is 5.32 Å². The molecule has 1 atom stereocenters. The van der Waals surface area contributed by atoms with Crippen molar-refractivity contribution in [1.29, 1.82) is 0 Å². The molecule has 2 rings (SSSR count). The second-order valence-corrected chi connectivity index (χ2v) is 3.84. The molecule has 3 nitrogen and oxygen atoms in total. The summed E-state index contributed by atoms with van der Waals surface area (Å²) in [6.07, 6.45) is 3.55. The first-order valence-corrected chi connectivity index (χ1v) is 4.69. The molecule has 13 heavy (non-hydrogen) atoms. The first-order chi connectivity index (χ1) is 6.35. The first kappa shape index (κ1) is 8.78. The molecule has 1 unspecified atom stereocenters. The van der Waals surface area contributed by atoms with Crippen molar-refractivity contribution < 1.29 is 9.52 Å². The molecule has 0 aromatic carbocycles. The average molecular weight is 181 g/mol. The van der Waals surface area contributed by atoms with Crippen LogP contribution in [-0.4, -0.2) is 24.8 Å². The monoisotopic (exact) mass is 181 g/mol. The van der Waals surface area contributed by atoms with Crippen molar-refractivity contribution in [3.63, 3.8) is 0 Å². The van der Waals surface area contributed by atoms with Crippen LogP contribution in [0, 0.1) is 5.41 Å². The first-order valence-electron chi connectivity index (χ1n) is 4.69. The Kier molecular flexibility index (Phi) is 2.38. The van der Waals surface area contributed by atoms with Crippen LogP contribution in [0.25, 0.3) is 0 Å². The average Bonchev–Trinajstić information content (AvgIpc) is 2.77. The van der Waals surface area contributed by atoms with E-state index < -0.39 is 0 Å². The number of nitrogens with one attached hydrogen (secondary N) is 1. The fraction of sp³-hybridized carbons (Fsp3) is 0.600. The van der Waals surface area contributed by atoms with Crippen LogP contribution in [-0.2, 0) is 6.42 Å². The summed E-state index contributed by atoms with van der Waals surface area (Å²) in [5.74, 6) is 0.970. The standard InChI is InChI=1S/C10H15NO2/c12-8-10(3-4-11-7-10)6-9-2-1-5-13-9/h1-2,5,11-12H,3-4,6-8H2. The van der Waals surface area contributed by atoms with Gasteiger partial charge >= 0.3 is 0 Å². The van der Waals surface area contributed by atoms with Crippen molar-refractivity contribution in [1.82, 2.24) is 5.32 Å². The van der Waals surface area contributed by atoms with Gasteiger partial charge < -0.3 is 14.8 Å². The Morgan fingerprint density at radius 2 is 2.54 bits per heavy atom. The van der Waals surface area contributed by atoms with Gasteiger partial charge in [-0.1, -0.05) is 0 Å². The number of aliphatic hydroxyl groups excluding tert-OH is 1. The van der Waals surface area contributed by atoms with Crippen molar-refractivity contribution in [3.8, 4) is 0 Å². The predicted molar refractivity (Wildman–Crippen MR) is 49.4 cm³/mol. The molecule has 0 saturated carbocycles. The van der Waals surface area contributed by atoms with Gasteiger partial charge in [0.2, 0.25) is 0 Å². The fourth-order valence-corrected chi connectivity index (χ4v) is 1.92. The lowest BCUT2D eigenvalue weighted by Crippen LogP contribution is -2.30. The molecule has 0 aliphatic carbocycles. The highest BCUT2D eigenvalue weighted by Crippen LogP contribution is 2.29. The maximum absolute atomic E-state index is 9.33. The third-order valence-electron chi connectivity index (χ3n) is 2.80. The summed E-state index contributed by atoms with van der Waals surface area (Å²) in [5.41, 5.74) is 0.0118. The van der Waals surface area contributed by atoms with E-state index in [0.717, 1.165) is 31.7 Å². The molecular weight excluding hydrogens is 166 g/mol. The minimum atomic E-state index is 0.0118. The lowest BCUT2D eigenvalue weighted by atomic mass is 9.84. The number of hydrogen-bond acceptors (Lipinski definition) is 3. The van der Waals surface area contributed by atoms with Crippen LogP contribution in [0.4, 0.5) is 0 Å². The van der Waals surface area contributed by atoms with Gasteiger partial charge in [0.05, 0.1) is 12.9 Å². The van der Waals surface area contributed by atoms with Crippen molar-refractivity contribution in [2.24, 2.45) is 5.41 Å². The van der Waals surface area contributed by atoms with Crippen LogP contribution in [0.15, 0.2) is 22.8 Å². The van der Waals surface area contributed by atoms with Crippen LogP contribution >= 0.6 is 0 Å². The minimum absolute atomic E-state index is 0.0118. The van der Waals surface area contributed by atoms with E-state index >= 15 is 0 Å². The molecule has 1 fully saturated rings. The molecule has 0 amide bonds. The molecule has 2 N–H and O–H groups in total. The summed E-state index contributed by atoms with van der Waals surface area (Å²) >= 11 is 0. The van der Waals surface area contributed by atoms with Gasteiger partial charge in [-0.2, -0.15) is 0 Å². The molecule has 1 aromatic rings. The van der Waals surface area contributed by atoms with Crippen molar-refractivity contribution in [3.05, 3.63) is 24.2 Å². The minimum Gasteiger partial charge on any atom is -0.469 e. The zero-order chi connectivity index (χ0) is 9.15. The Hall–Kier alpha value is -0.800. The largest absolute Gasteiger partial charge is 0.469 e. The Morgan fingerprint density at radius 1 is 1.62 bits per heavy atom. The van der Waals surface area contributed by atoms with E-state index in [4.69, 9.17) is 4.42 Å². The summed E-state index contributed by atoms with van der Waals surface area (Å²) < 4.78 is 5.28.